The fourth-order valence-electron chi connectivity index (χ4n) is 0.910. The van der Waals surface area contributed by atoms with Gasteiger partial charge < -0.3 is 9.52 Å². The minimum absolute atomic E-state index is 0.0791. The second kappa shape index (κ2) is 3.55. The minimum atomic E-state index is -1.09. The molecule has 0 aliphatic heterocycles. The van der Waals surface area contributed by atoms with E-state index in [0.717, 1.165) is 15.6 Å². The average molecular weight is 274 g/mol. The highest BCUT2D eigenvalue weighted by molar-refractivity contribution is 9.10. The van der Waals surface area contributed by atoms with Crippen molar-refractivity contribution in [1.82, 2.24) is 4.98 Å². The molecule has 2 aromatic rings. The SMILES string of the molecule is O=C(O)c1coc(-c2cc(Br)cs2)n1. The average Bonchev–Trinajstić information content (AvgIpc) is 2.70. The molecule has 6 heteroatoms. The minimum Gasteiger partial charge on any atom is -0.476 e. The molecule has 0 fully saturated rings. The van der Waals surface area contributed by atoms with Crippen LogP contribution in [0.5, 0.6) is 0 Å². The van der Waals surface area contributed by atoms with Crippen LogP contribution in [0.25, 0.3) is 10.8 Å². The molecule has 14 heavy (non-hydrogen) atoms. The van der Waals surface area contributed by atoms with Crippen molar-refractivity contribution < 1.29 is 14.3 Å². The number of rotatable bonds is 2. The van der Waals surface area contributed by atoms with Crippen molar-refractivity contribution in [3.8, 4) is 10.8 Å². The lowest BCUT2D eigenvalue weighted by Gasteiger charge is -1.84. The number of carboxylic acids is 1. The summed E-state index contributed by atoms with van der Waals surface area (Å²) in [7, 11) is 0. The van der Waals surface area contributed by atoms with Gasteiger partial charge in [0.25, 0.3) is 0 Å². The molecule has 0 amide bonds. The van der Waals surface area contributed by atoms with E-state index in [1.165, 1.54) is 11.3 Å². The van der Waals surface area contributed by atoms with Gasteiger partial charge in [-0.1, -0.05) is 0 Å². The Morgan fingerprint density at radius 2 is 2.43 bits per heavy atom. The summed E-state index contributed by atoms with van der Waals surface area (Å²) < 4.78 is 5.95. The van der Waals surface area contributed by atoms with E-state index < -0.39 is 5.97 Å². The van der Waals surface area contributed by atoms with Gasteiger partial charge in [-0.25, -0.2) is 9.78 Å². The van der Waals surface area contributed by atoms with Gasteiger partial charge in [0.1, 0.15) is 6.26 Å². The topological polar surface area (TPSA) is 63.3 Å². The van der Waals surface area contributed by atoms with Crippen LogP contribution in [0.15, 0.2) is 26.6 Å². The number of carboxylic acid groups (broad SMARTS) is 1. The quantitative estimate of drug-likeness (QED) is 0.914. The molecule has 0 aromatic carbocycles. The molecule has 72 valence electrons. The molecule has 0 saturated heterocycles. The van der Waals surface area contributed by atoms with Crippen molar-refractivity contribution in [3.63, 3.8) is 0 Å². The fourth-order valence-corrected chi connectivity index (χ4v) is 2.27. The molecule has 0 aliphatic rings. The van der Waals surface area contributed by atoms with Crippen LogP contribution in [0.3, 0.4) is 0 Å². The summed E-state index contributed by atoms with van der Waals surface area (Å²) in [6.07, 6.45) is 1.13. The van der Waals surface area contributed by atoms with Crippen molar-refractivity contribution in [2.24, 2.45) is 0 Å². The molecular weight excluding hydrogens is 270 g/mol. The Hall–Kier alpha value is -1.14. The maximum Gasteiger partial charge on any atom is 0.357 e. The van der Waals surface area contributed by atoms with E-state index in [9.17, 15) is 4.79 Å². The molecule has 1 N–H and O–H groups in total. The first-order valence-electron chi connectivity index (χ1n) is 3.60. The number of hydrogen-bond donors (Lipinski definition) is 1. The molecular formula is C8H4BrNO3S. The molecule has 0 saturated carbocycles. The Labute approximate surface area is 91.3 Å². The predicted octanol–water partition coefficient (Wildman–Crippen LogP) is 2.86. The van der Waals surface area contributed by atoms with E-state index in [1.807, 2.05) is 11.4 Å². The largest absolute Gasteiger partial charge is 0.476 e. The number of aromatic carboxylic acids is 1. The molecule has 0 radical (unpaired) electrons. The zero-order valence-corrected chi connectivity index (χ0v) is 9.13. The molecule has 0 spiro atoms. The van der Waals surface area contributed by atoms with Gasteiger partial charge in [0, 0.05) is 9.85 Å². The van der Waals surface area contributed by atoms with Crippen LogP contribution in [-0.2, 0) is 0 Å². The van der Waals surface area contributed by atoms with Gasteiger partial charge in [0.05, 0.1) is 4.88 Å². The van der Waals surface area contributed by atoms with Crippen molar-refractivity contribution in [3.05, 3.63) is 27.9 Å². The maximum atomic E-state index is 10.5. The zero-order chi connectivity index (χ0) is 10.1. The van der Waals surface area contributed by atoms with Gasteiger partial charge in [-0.2, -0.15) is 0 Å². The first-order valence-corrected chi connectivity index (χ1v) is 5.27. The third-order valence-electron chi connectivity index (χ3n) is 1.50. The lowest BCUT2D eigenvalue weighted by atomic mass is 10.4. The number of halogens is 1. The van der Waals surface area contributed by atoms with E-state index in [2.05, 4.69) is 20.9 Å². The van der Waals surface area contributed by atoms with Crippen LogP contribution in [0.1, 0.15) is 10.5 Å². The maximum absolute atomic E-state index is 10.5. The summed E-state index contributed by atoms with van der Waals surface area (Å²) in [4.78, 5) is 15.1. The molecule has 0 atom stereocenters. The Morgan fingerprint density at radius 3 is 2.93 bits per heavy atom. The summed E-state index contributed by atoms with van der Waals surface area (Å²) in [5.41, 5.74) is -0.0791. The normalized spacial score (nSPS) is 10.4. The molecule has 0 aliphatic carbocycles. The first kappa shape index (κ1) is 9.42. The number of nitrogens with zero attached hydrogens (tertiary/aromatic N) is 1. The monoisotopic (exact) mass is 273 g/mol. The smallest absolute Gasteiger partial charge is 0.357 e. The van der Waals surface area contributed by atoms with Crippen LogP contribution in [0.4, 0.5) is 0 Å². The third kappa shape index (κ3) is 1.71. The fraction of sp³-hybridized carbons (Fsp3) is 0. The molecule has 4 nitrogen and oxygen atoms in total. The summed E-state index contributed by atoms with van der Waals surface area (Å²) in [6, 6.07) is 1.82. The lowest BCUT2D eigenvalue weighted by Crippen LogP contribution is -1.95. The van der Waals surface area contributed by atoms with Gasteiger partial charge in [-0.05, 0) is 22.0 Å². The summed E-state index contributed by atoms with van der Waals surface area (Å²) >= 11 is 4.72. The van der Waals surface area contributed by atoms with E-state index in [-0.39, 0.29) is 5.69 Å². The second-order valence-electron chi connectivity index (χ2n) is 2.47. The Balaban J connectivity index is 2.38. The molecule has 2 heterocycles. The number of oxazole rings is 1. The molecule has 0 bridgehead atoms. The first-order chi connectivity index (χ1) is 6.66. The number of hydrogen-bond acceptors (Lipinski definition) is 4. The van der Waals surface area contributed by atoms with Crippen LogP contribution in [-0.4, -0.2) is 16.1 Å². The van der Waals surface area contributed by atoms with Gasteiger partial charge in [0.15, 0.2) is 5.69 Å². The highest BCUT2D eigenvalue weighted by Gasteiger charge is 2.12. The molecule has 2 rings (SSSR count). The van der Waals surface area contributed by atoms with Crippen LogP contribution in [0.2, 0.25) is 0 Å². The van der Waals surface area contributed by atoms with E-state index >= 15 is 0 Å². The van der Waals surface area contributed by atoms with Crippen LogP contribution in [0, 0.1) is 0 Å². The van der Waals surface area contributed by atoms with Crippen LogP contribution >= 0.6 is 27.3 Å². The van der Waals surface area contributed by atoms with E-state index in [4.69, 9.17) is 9.52 Å². The van der Waals surface area contributed by atoms with Gasteiger partial charge in [-0.15, -0.1) is 11.3 Å². The highest BCUT2D eigenvalue weighted by Crippen LogP contribution is 2.29. The van der Waals surface area contributed by atoms with E-state index in [1.54, 1.807) is 0 Å². The van der Waals surface area contributed by atoms with Gasteiger partial charge >= 0.3 is 5.97 Å². The second-order valence-corrected chi connectivity index (χ2v) is 4.30. The summed E-state index contributed by atoms with van der Waals surface area (Å²) in [5.74, 6) is -0.756. The summed E-state index contributed by atoms with van der Waals surface area (Å²) in [6.45, 7) is 0. The van der Waals surface area contributed by atoms with Crippen molar-refractivity contribution >= 4 is 33.2 Å². The highest BCUT2D eigenvalue weighted by atomic mass is 79.9. The third-order valence-corrected chi connectivity index (χ3v) is 3.18. The standard InChI is InChI=1S/C8H4BrNO3S/c9-4-1-6(14-3-4)7-10-5(2-13-7)8(11)12/h1-3H,(H,11,12). The van der Waals surface area contributed by atoms with Crippen molar-refractivity contribution in [1.29, 1.82) is 0 Å². The summed E-state index contributed by atoms with van der Waals surface area (Å²) in [5, 5.41) is 10.5. The Bertz CT molecular complexity index is 476. The number of carbonyl (C=O) groups is 1. The Kier molecular flexibility index (Phi) is 2.39. The number of thiophene rings is 1. The predicted molar refractivity (Wildman–Crippen MR) is 54.5 cm³/mol. The Morgan fingerprint density at radius 1 is 1.64 bits per heavy atom. The van der Waals surface area contributed by atoms with Gasteiger partial charge in [0.2, 0.25) is 5.89 Å². The van der Waals surface area contributed by atoms with E-state index in [0.29, 0.717) is 5.89 Å². The lowest BCUT2D eigenvalue weighted by molar-refractivity contribution is 0.0690. The van der Waals surface area contributed by atoms with Crippen LogP contribution < -0.4 is 0 Å². The molecule has 2 aromatic heterocycles. The van der Waals surface area contributed by atoms with Crippen molar-refractivity contribution in [2.45, 2.75) is 0 Å². The zero-order valence-electron chi connectivity index (χ0n) is 6.73. The molecule has 0 unspecified atom stereocenters. The van der Waals surface area contributed by atoms with Crippen molar-refractivity contribution in [2.75, 3.05) is 0 Å². The number of aromatic nitrogens is 1. The van der Waals surface area contributed by atoms with Gasteiger partial charge in [-0.3, -0.25) is 0 Å².